The Morgan fingerprint density at radius 3 is 2.85 bits per heavy atom. The predicted octanol–water partition coefficient (Wildman–Crippen LogP) is 3.30. The molecule has 0 amide bonds. The van der Waals surface area contributed by atoms with E-state index < -0.39 is 0 Å². The number of rotatable bonds is 7. The first kappa shape index (κ1) is 21.2. The number of guanidine groups is 1. The molecule has 0 unspecified atom stereocenters. The van der Waals surface area contributed by atoms with Crippen molar-refractivity contribution >= 4 is 40.9 Å². The van der Waals surface area contributed by atoms with E-state index in [4.69, 9.17) is 9.41 Å². The maximum Gasteiger partial charge on any atom is 0.194 e. The minimum absolute atomic E-state index is 0. The van der Waals surface area contributed by atoms with Gasteiger partial charge in [-0.15, -0.1) is 34.2 Å². The molecule has 8 heteroatoms. The van der Waals surface area contributed by atoms with Gasteiger partial charge in [0.05, 0.1) is 13.1 Å². The van der Waals surface area contributed by atoms with E-state index in [0.717, 1.165) is 48.0 Å². The summed E-state index contributed by atoms with van der Waals surface area (Å²) >= 11 is 0. The molecule has 0 bridgehead atoms. The number of aromatic nitrogens is 3. The Morgan fingerprint density at radius 2 is 2.11 bits per heavy atom. The number of nitrogens with one attached hydrogen (secondary N) is 1. The Balaban J connectivity index is 0.00000261. The van der Waals surface area contributed by atoms with Gasteiger partial charge < -0.3 is 19.2 Å². The molecule has 2 aromatic heterocycles. The molecular formula is C19H27IN6O. The highest BCUT2D eigenvalue weighted by Crippen LogP contribution is 2.19. The van der Waals surface area contributed by atoms with Crippen LogP contribution in [0.3, 0.4) is 0 Å². The quantitative estimate of drug-likeness (QED) is 0.318. The SMILES string of the molecule is CCNC(=NCCn1cnnc1CC)N(C)Cc1cc2ccccc2o1.I. The average molecular weight is 482 g/mol. The summed E-state index contributed by atoms with van der Waals surface area (Å²) in [5.41, 5.74) is 0.914. The first-order valence-corrected chi connectivity index (χ1v) is 9.04. The van der Waals surface area contributed by atoms with Crippen LogP contribution in [0.5, 0.6) is 0 Å². The zero-order valence-electron chi connectivity index (χ0n) is 16.1. The third kappa shape index (κ3) is 5.44. The highest BCUT2D eigenvalue weighted by atomic mass is 127. The zero-order valence-corrected chi connectivity index (χ0v) is 18.4. The lowest BCUT2D eigenvalue weighted by Gasteiger charge is -2.21. The standard InChI is InChI=1S/C19H26N6O.HI/c1-4-18-23-22-14-25(18)11-10-21-19(20-5-2)24(3)13-16-12-15-8-6-7-9-17(15)26-16;/h6-9,12,14H,4-5,10-11,13H2,1-3H3,(H,20,21);1H. The van der Waals surface area contributed by atoms with Crippen LogP contribution < -0.4 is 5.32 Å². The van der Waals surface area contributed by atoms with Crippen molar-refractivity contribution in [2.75, 3.05) is 20.1 Å². The first-order chi connectivity index (χ1) is 12.7. The molecule has 0 saturated carbocycles. The summed E-state index contributed by atoms with van der Waals surface area (Å²) in [5.74, 6) is 2.77. The van der Waals surface area contributed by atoms with Crippen molar-refractivity contribution in [1.82, 2.24) is 25.0 Å². The molecule has 146 valence electrons. The van der Waals surface area contributed by atoms with Gasteiger partial charge in [-0.25, -0.2) is 0 Å². The molecule has 0 spiro atoms. The fourth-order valence-electron chi connectivity index (χ4n) is 2.90. The molecule has 3 rings (SSSR count). The van der Waals surface area contributed by atoms with Crippen molar-refractivity contribution in [3.8, 4) is 0 Å². The third-order valence-corrected chi connectivity index (χ3v) is 4.18. The molecule has 1 N–H and O–H groups in total. The Labute approximate surface area is 176 Å². The molecular weight excluding hydrogens is 455 g/mol. The van der Waals surface area contributed by atoms with Gasteiger partial charge in [-0.2, -0.15) is 0 Å². The highest BCUT2D eigenvalue weighted by molar-refractivity contribution is 14.0. The summed E-state index contributed by atoms with van der Waals surface area (Å²) in [6.45, 7) is 7.05. The molecule has 0 fully saturated rings. The number of benzene rings is 1. The van der Waals surface area contributed by atoms with E-state index >= 15 is 0 Å². The molecule has 0 atom stereocenters. The topological polar surface area (TPSA) is 71.5 Å². The molecule has 1 aromatic carbocycles. The Kier molecular flexibility index (Phi) is 8.08. The fraction of sp³-hybridized carbons (Fsp3) is 0.421. The number of furan rings is 1. The summed E-state index contributed by atoms with van der Waals surface area (Å²) in [4.78, 5) is 6.80. The number of aryl methyl sites for hydroxylation is 1. The molecule has 0 aliphatic rings. The minimum atomic E-state index is 0. The van der Waals surface area contributed by atoms with Crippen LogP contribution in [0.4, 0.5) is 0 Å². The fourth-order valence-corrected chi connectivity index (χ4v) is 2.90. The molecule has 27 heavy (non-hydrogen) atoms. The number of fused-ring (bicyclic) bond motifs is 1. The highest BCUT2D eigenvalue weighted by Gasteiger charge is 2.10. The Morgan fingerprint density at radius 1 is 1.30 bits per heavy atom. The second-order valence-electron chi connectivity index (χ2n) is 6.14. The molecule has 3 aromatic rings. The van der Waals surface area contributed by atoms with E-state index in [-0.39, 0.29) is 24.0 Å². The summed E-state index contributed by atoms with van der Waals surface area (Å²) < 4.78 is 7.96. The summed E-state index contributed by atoms with van der Waals surface area (Å²) in [5, 5.41) is 12.5. The van der Waals surface area contributed by atoms with Crippen LogP contribution >= 0.6 is 24.0 Å². The number of aliphatic imine (C=N–C) groups is 1. The van der Waals surface area contributed by atoms with E-state index in [1.54, 1.807) is 6.33 Å². The molecule has 2 heterocycles. The molecule has 0 aliphatic heterocycles. The lowest BCUT2D eigenvalue weighted by Crippen LogP contribution is -2.38. The maximum absolute atomic E-state index is 5.92. The van der Waals surface area contributed by atoms with Gasteiger partial charge >= 0.3 is 0 Å². The minimum Gasteiger partial charge on any atom is -0.459 e. The van der Waals surface area contributed by atoms with Crippen LogP contribution in [-0.2, 0) is 19.5 Å². The lowest BCUT2D eigenvalue weighted by atomic mass is 10.2. The molecule has 7 nitrogen and oxygen atoms in total. The predicted molar refractivity (Wildman–Crippen MR) is 118 cm³/mol. The second-order valence-corrected chi connectivity index (χ2v) is 6.14. The van der Waals surface area contributed by atoms with Crippen LogP contribution in [0.2, 0.25) is 0 Å². The Bertz CT molecular complexity index is 839. The first-order valence-electron chi connectivity index (χ1n) is 9.04. The number of para-hydroxylation sites is 1. The van der Waals surface area contributed by atoms with Gasteiger partial charge in [0.25, 0.3) is 0 Å². The monoisotopic (exact) mass is 482 g/mol. The van der Waals surface area contributed by atoms with E-state index in [0.29, 0.717) is 13.1 Å². The van der Waals surface area contributed by atoms with Gasteiger partial charge in [-0.1, -0.05) is 25.1 Å². The van der Waals surface area contributed by atoms with Crippen molar-refractivity contribution in [3.63, 3.8) is 0 Å². The van der Waals surface area contributed by atoms with Gasteiger partial charge in [-0.3, -0.25) is 4.99 Å². The van der Waals surface area contributed by atoms with Crippen LogP contribution in [-0.4, -0.2) is 45.8 Å². The summed E-state index contributed by atoms with van der Waals surface area (Å²) in [6.07, 6.45) is 2.63. The van der Waals surface area contributed by atoms with E-state index in [1.807, 2.05) is 29.8 Å². The number of hydrogen-bond acceptors (Lipinski definition) is 4. The van der Waals surface area contributed by atoms with Crippen molar-refractivity contribution in [2.24, 2.45) is 4.99 Å². The average Bonchev–Trinajstić information content (AvgIpc) is 3.26. The Hall–Kier alpha value is -2.10. The van der Waals surface area contributed by atoms with Crippen LogP contribution in [0.25, 0.3) is 11.0 Å². The normalized spacial score (nSPS) is 11.4. The lowest BCUT2D eigenvalue weighted by molar-refractivity contribution is 0.412. The van der Waals surface area contributed by atoms with Crippen molar-refractivity contribution < 1.29 is 4.42 Å². The van der Waals surface area contributed by atoms with E-state index in [1.165, 1.54) is 0 Å². The summed E-state index contributed by atoms with van der Waals surface area (Å²) in [7, 11) is 2.02. The van der Waals surface area contributed by atoms with E-state index in [9.17, 15) is 0 Å². The van der Waals surface area contributed by atoms with Gasteiger partial charge in [0.2, 0.25) is 0 Å². The van der Waals surface area contributed by atoms with Crippen molar-refractivity contribution in [3.05, 3.63) is 48.2 Å². The van der Waals surface area contributed by atoms with Crippen LogP contribution in [0.15, 0.2) is 46.1 Å². The van der Waals surface area contributed by atoms with Crippen molar-refractivity contribution in [2.45, 2.75) is 33.4 Å². The molecule has 0 aliphatic carbocycles. The molecule has 0 radical (unpaired) electrons. The van der Waals surface area contributed by atoms with Crippen molar-refractivity contribution in [1.29, 1.82) is 0 Å². The summed E-state index contributed by atoms with van der Waals surface area (Å²) in [6, 6.07) is 10.1. The van der Waals surface area contributed by atoms with Gasteiger partial charge in [0.1, 0.15) is 23.5 Å². The van der Waals surface area contributed by atoms with Gasteiger partial charge in [0, 0.05) is 31.9 Å². The van der Waals surface area contributed by atoms with Gasteiger partial charge in [0.15, 0.2) is 5.96 Å². The maximum atomic E-state index is 5.92. The number of nitrogens with zero attached hydrogens (tertiary/aromatic N) is 5. The van der Waals surface area contributed by atoms with E-state index in [2.05, 4.69) is 46.4 Å². The number of hydrogen-bond donors (Lipinski definition) is 1. The molecule has 0 saturated heterocycles. The third-order valence-electron chi connectivity index (χ3n) is 4.18. The smallest absolute Gasteiger partial charge is 0.194 e. The second kappa shape index (κ2) is 10.3. The zero-order chi connectivity index (χ0) is 18.4. The largest absolute Gasteiger partial charge is 0.459 e. The van der Waals surface area contributed by atoms with Crippen LogP contribution in [0.1, 0.15) is 25.4 Å². The van der Waals surface area contributed by atoms with Crippen LogP contribution in [0, 0.1) is 0 Å². The van der Waals surface area contributed by atoms with Gasteiger partial charge in [-0.05, 0) is 19.1 Å². The number of halogens is 1.